The van der Waals surface area contributed by atoms with Crippen molar-refractivity contribution in [2.45, 2.75) is 38.5 Å². The number of fused-ring (bicyclic) bond motifs is 9. The molecular formula is C64H47N. The minimum Gasteiger partial charge on any atom is -0.310 e. The van der Waals surface area contributed by atoms with Crippen LogP contribution in [0.4, 0.5) is 17.1 Å². The van der Waals surface area contributed by atoms with Crippen molar-refractivity contribution in [1.82, 2.24) is 0 Å². The molecule has 0 radical (unpaired) electrons. The summed E-state index contributed by atoms with van der Waals surface area (Å²) in [7, 11) is 0. The Morgan fingerprint density at radius 2 is 0.800 bits per heavy atom. The molecule has 0 unspecified atom stereocenters. The Labute approximate surface area is 382 Å². The molecule has 0 saturated carbocycles. The Kier molecular flexibility index (Phi) is 8.07. The van der Waals surface area contributed by atoms with Gasteiger partial charge in [-0.1, -0.05) is 198 Å². The second kappa shape index (κ2) is 13.9. The molecule has 1 heteroatoms. The molecule has 13 rings (SSSR count). The summed E-state index contributed by atoms with van der Waals surface area (Å²) >= 11 is 0. The van der Waals surface area contributed by atoms with Crippen LogP contribution in [0.25, 0.3) is 88.7 Å². The van der Waals surface area contributed by atoms with E-state index >= 15 is 0 Å². The van der Waals surface area contributed by atoms with Crippen molar-refractivity contribution in [2.75, 3.05) is 4.90 Å². The Morgan fingerprint density at radius 1 is 0.292 bits per heavy atom. The maximum atomic E-state index is 2.55. The van der Waals surface area contributed by atoms with Gasteiger partial charge in [0.1, 0.15) is 0 Å². The van der Waals surface area contributed by atoms with Crippen LogP contribution >= 0.6 is 0 Å². The van der Waals surface area contributed by atoms with Crippen LogP contribution in [0.1, 0.15) is 49.9 Å². The zero-order valence-electron chi connectivity index (χ0n) is 37.2. The Balaban J connectivity index is 1.04. The summed E-state index contributed by atoms with van der Waals surface area (Å²) in [4.78, 5) is 2.55. The summed E-state index contributed by atoms with van der Waals surface area (Å²) in [6.07, 6.45) is 0. The van der Waals surface area contributed by atoms with Crippen molar-refractivity contribution >= 4 is 27.8 Å². The van der Waals surface area contributed by atoms with E-state index in [1.165, 1.54) is 117 Å². The minimum atomic E-state index is -0.248. The molecule has 0 amide bonds. The lowest BCUT2D eigenvalue weighted by Crippen LogP contribution is -2.18. The van der Waals surface area contributed by atoms with E-state index < -0.39 is 0 Å². The SMILES string of the molecule is CC1(C)c2ccccc2-c2ccc(N(c3ccc(-c4ccc5c6c(cccc46)-c4ccccc4-5)cc3)c3cc(-c4ccccc4)cc4c3-c3ccc(-c5ccccc5)cc3C4(C)C)cc21. The highest BCUT2D eigenvalue weighted by Gasteiger charge is 2.40. The van der Waals surface area contributed by atoms with Gasteiger partial charge in [0.2, 0.25) is 0 Å². The van der Waals surface area contributed by atoms with Gasteiger partial charge in [0.15, 0.2) is 0 Å². The molecule has 0 N–H and O–H groups in total. The number of hydrogen-bond donors (Lipinski definition) is 0. The van der Waals surface area contributed by atoms with Gasteiger partial charge in [-0.3, -0.25) is 0 Å². The highest BCUT2D eigenvalue weighted by Crippen LogP contribution is 2.58. The summed E-state index contributed by atoms with van der Waals surface area (Å²) in [5.74, 6) is 0. The quantitative estimate of drug-likeness (QED) is 0.161. The number of rotatable bonds is 6. The number of anilines is 3. The lowest BCUT2D eigenvalue weighted by Gasteiger charge is -2.31. The molecule has 10 aromatic rings. The van der Waals surface area contributed by atoms with Gasteiger partial charge in [-0.15, -0.1) is 0 Å². The predicted molar refractivity (Wildman–Crippen MR) is 274 cm³/mol. The fraction of sp³-hybridized carbons (Fsp3) is 0.0938. The van der Waals surface area contributed by atoms with Gasteiger partial charge < -0.3 is 4.90 Å². The van der Waals surface area contributed by atoms with Gasteiger partial charge in [-0.25, -0.2) is 0 Å². The van der Waals surface area contributed by atoms with Crippen molar-refractivity contribution in [3.8, 4) is 77.9 Å². The molecule has 0 bridgehead atoms. The summed E-state index contributed by atoms with van der Waals surface area (Å²) < 4.78 is 0. The second-order valence-electron chi connectivity index (χ2n) is 19.3. The third-order valence-electron chi connectivity index (χ3n) is 15.0. The van der Waals surface area contributed by atoms with E-state index in [-0.39, 0.29) is 10.8 Å². The van der Waals surface area contributed by atoms with E-state index in [9.17, 15) is 0 Å². The topological polar surface area (TPSA) is 3.24 Å². The average Bonchev–Trinajstić information content (AvgIpc) is 3.89. The third kappa shape index (κ3) is 5.52. The molecule has 0 aliphatic heterocycles. The lowest BCUT2D eigenvalue weighted by atomic mass is 9.80. The molecular weight excluding hydrogens is 783 g/mol. The summed E-state index contributed by atoms with van der Waals surface area (Å²) in [6.45, 7) is 9.59. The molecule has 0 aromatic heterocycles. The fourth-order valence-electron chi connectivity index (χ4n) is 11.7. The molecule has 3 aliphatic carbocycles. The Hall–Kier alpha value is -7.74. The van der Waals surface area contributed by atoms with Gasteiger partial charge in [0.25, 0.3) is 0 Å². The predicted octanol–water partition coefficient (Wildman–Crippen LogP) is 17.6. The first-order chi connectivity index (χ1) is 31.8. The zero-order chi connectivity index (χ0) is 43.6. The van der Waals surface area contributed by atoms with Gasteiger partial charge in [0.05, 0.1) is 5.69 Å². The van der Waals surface area contributed by atoms with E-state index in [2.05, 4.69) is 245 Å². The van der Waals surface area contributed by atoms with E-state index in [0.29, 0.717) is 0 Å². The van der Waals surface area contributed by atoms with E-state index in [0.717, 1.165) is 11.4 Å². The zero-order valence-corrected chi connectivity index (χ0v) is 37.2. The van der Waals surface area contributed by atoms with Crippen LogP contribution in [0.5, 0.6) is 0 Å². The molecule has 65 heavy (non-hydrogen) atoms. The second-order valence-corrected chi connectivity index (χ2v) is 19.3. The first-order valence-corrected chi connectivity index (χ1v) is 23.0. The number of benzene rings is 10. The van der Waals surface area contributed by atoms with Crippen LogP contribution in [0, 0.1) is 0 Å². The summed E-state index contributed by atoms with van der Waals surface area (Å²) in [5, 5.41) is 2.65. The first-order valence-electron chi connectivity index (χ1n) is 23.0. The molecule has 3 aliphatic rings. The standard InChI is InChI=1S/C64H47N/c1-63(2)56-25-14-13-22-50(56)51-33-31-46(39-58(51)63)65(45-29-26-42(27-30-45)47-34-35-54-49-21-12-11-20-48(49)53-24-15-23-52(47)61(53)54)60-38-44(41-18-9-6-10-19-41)37-59-62(60)55-32-28-43(36-57(55)64(59,3)4)40-16-7-5-8-17-40/h5-39H,1-4H3. The van der Waals surface area contributed by atoms with Crippen LogP contribution in [0.15, 0.2) is 212 Å². The summed E-state index contributed by atoms with van der Waals surface area (Å²) in [6, 6.07) is 79.6. The normalized spacial score (nSPS) is 14.1. The van der Waals surface area contributed by atoms with Crippen LogP contribution in [0.3, 0.4) is 0 Å². The monoisotopic (exact) mass is 829 g/mol. The largest absolute Gasteiger partial charge is 0.310 e. The van der Waals surface area contributed by atoms with Gasteiger partial charge in [-0.05, 0) is 148 Å². The molecule has 308 valence electrons. The Morgan fingerprint density at radius 3 is 1.54 bits per heavy atom. The highest BCUT2D eigenvalue weighted by atomic mass is 15.1. The van der Waals surface area contributed by atoms with Crippen molar-refractivity contribution in [1.29, 1.82) is 0 Å². The third-order valence-corrected chi connectivity index (χ3v) is 15.0. The number of nitrogens with zero attached hydrogens (tertiary/aromatic N) is 1. The van der Waals surface area contributed by atoms with Crippen molar-refractivity contribution in [3.05, 3.63) is 235 Å². The van der Waals surface area contributed by atoms with E-state index in [4.69, 9.17) is 0 Å². The van der Waals surface area contributed by atoms with Crippen molar-refractivity contribution in [3.63, 3.8) is 0 Å². The van der Waals surface area contributed by atoms with Crippen LogP contribution < -0.4 is 4.90 Å². The number of hydrogen-bond acceptors (Lipinski definition) is 1. The van der Waals surface area contributed by atoms with Crippen LogP contribution in [-0.2, 0) is 10.8 Å². The lowest BCUT2D eigenvalue weighted by molar-refractivity contribution is 0.660. The van der Waals surface area contributed by atoms with Gasteiger partial charge in [0, 0.05) is 27.8 Å². The molecule has 0 heterocycles. The van der Waals surface area contributed by atoms with E-state index in [1.54, 1.807) is 0 Å². The smallest absolute Gasteiger partial charge is 0.0549 e. The maximum absolute atomic E-state index is 2.55. The molecule has 10 aromatic carbocycles. The van der Waals surface area contributed by atoms with Gasteiger partial charge in [-0.2, -0.15) is 0 Å². The van der Waals surface area contributed by atoms with E-state index in [1.807, 2.05) is 0 Å². The fourth-order valence-corrected chi connectivity index (χ4v) is 11.7. The van der Waals surface area contributed by atoms with Crippen LogP contribution in [0.2, 0.25) is 0 Å². The first kappa shape index (κ1) is 37.8. The molecule has 0 saturated heterocycles. The average molecular weight is 830 g/mol. The van der Waals surface area contributed by atoms with Crippen molar-refractivity contribution < 1.29 is 0 Å². The molecule has 0 atom stereocenters. The summed E-state index contributed by atoms with van der Waals surface area (Å²) in [5.41, 5.74) is 26.4. The van der Waals surface area contributed by atoms with Crippen LogP contribution in [-0.4, -0.2) is 0 Å². The maximum Gasteiger partial charge on any atom is 0.0549 e. The molecule has 0 fully saturated rings. The molecule has 0 spiro atoms. The van der Waals surface area contributed by atoms with Crippen molar-refractivity contribution in [2.24, 2.45) is 0 Å². The highest BCUT2D eigenvalue weighted by molar-refractivity contribution is 6.18. The minimum absolute atomic E-state index is 0.150. The Bertz CT molecular complexity index is 3540. The molecule has 1 nitrogen and oxygen atoms in total. The van der Waals surface area contributed by atoms with Gasteiger partial charge >= 0.3 is 0 Å².